The van der Waals surface area contributed by atoms with Crippen LogP contribution in [0.25, 0.3) is 11.1 Å². The fourth-order valence-electron chi connectivity index (χ4n) is 5.43. The van der Waals surface area contributed by atoms with Crippen LogP contribution in [0.4, 0.5) is 23.2 Å². The number of fused-ring (bicyclic) bond motifs is 3. The second-order valence-electron chi connectivity index (χ2n) is 10.6. The second kappa shape index (κ2) is 12.5. The molecule has 13 heteroatoms. The van der Waals surface area contributed by atoms with Gasteiger partial charge in [-0.05, 0) is 60.7 Å². The molecule has 1 fully saturated rings. The minimum atomic E-state index is -4.75. The molecule has 3 N–H and O–H groups in total. The number of nitrogens with two attached hydrogens (primary N) is 1. The van der Waals surface area contributed by atoms with E-state index in [2.05, 4.69) is 5.32 Å². The van der Waals surface area contributed by atoms with Crippen LogP contribution >= 0.6 is 11.6 Å². The van der Waals surface area contributed by atoms with E-state index in [1.165, 1.54) is 36.5 Å². The van der Waals surface area contributed by atoms with Crippen molar-refractivity contribution in [2.24, 2.45) is 5.73 Å². The molecule has 0 unspecified atom stereocenters. The van der Waals surface area contributed by atoms with Crippen molar-refractivity contribution in [3.8, 4) is 11.1 Å². The third-order valence-electron chi connectivity index (χ3n) is 7.66. The highest BCUT2D eigenvalue weighted by atomic mass is 35.5. The number of carbonyl (C=O) groups excluding carboxylic acids is 2. The number of hydrogen-bond donors (Lipinski definition) is 2. The van der Waals surface area contributed by atoms with E-state index in [4.69, 9.17) is 26.8 Å². The normalized spacial score (nSPS) is 19.4. The number of rotatable bonds is 6. The highest BCUT2D eigenvalue weighted by Crippen LogP contribution is 2.39. The van der Waals surface area contributed by atoms with Crippen molar-refractivity contribution in [3.05, 3.63) is 86.5 Å². The smallest absolute Gasteiger partial charge is 0.378 e. The van der Waals surface area contributed by atoms with Crippen LogP contribution in [0.2, 0.25) is 5.02 Å². The molecule has 0 aliphatic carbocycles. The van der Waals surface area contributed by atoms with Crippen LogP contribution in [0.5, 0.6) is 0 Å². The molecule has 8 nitrogen and oxygen atoms in total. The zero-order valence-electron chi connectivity index (χ0n) is 22.8. The zero-order valence-corrected chi connectivity index (χ0v) is 23.5. The first-order valence-corrected chi connectivity index (χ1v) is 14.0. The molecule has 2 aliphatic rings. The third-order valence-corrected chi connectivity index (χ3v) is 7.95. The Morgan fingerprint density at radius 2 is 1.84 bits per heavy atom. The van der Waals surface area contributed by atoms with Gasteiger partial charge in [0.05, 0.1) is 17.7 Å². The number of benzene rings is 2. The number of pyridine rings is 1. The van der Waals surface area contributed by atoms with Crippen LogP contribution in [0.3, 0.4) is 0 Å². The maximum absolute atomic E-state index is 15.4. The lowest BCUT2D eigenvalue weighted by atomic mass is 9.91. The summed E-state index contributed by atoms with van der Waals surface area (Å²) in [4.78, 5) is 38.7. The number of carbonyl (C=O) groups is 2. The molecule has 0 radical (unpaired) electrons. The monoisotopic (exact) mass is 621 g/mol. The van der Waals surface area contributed by atoms with Crippen molar-refractivity contribution in [1.29, 1.82) is 0 Å². The predicted octanol–water partition coefficient (Wildman–Crippen LogP) is 5.55. The summed E-state index contributed by atoms with van der Waals surface area (Å²) in [5.41, 5.74) is 5.03. The lowest BCUT2D eigenvalue weighted by molar-refractivity contribution is -0.223. The summed E-state index contributed by atoms with van der Waals surface area (Å²) < 4.78 is 69.0. The number of anilines is 1. The third kappa shape index (κ3) is 6.76. The summed E-state index contributed by atoms with van der Waals surface area (Å²) in [5.74, 6) is -2.20. The summed E-state index contributed by atoms with van der Waals surface area (Å²) in [7, 11) is 0. The van der Waals surface area contributed by atoms with Gasteiger partial charge in [0, 0.05) is 54.1 Å². The number of halogens is 5. The van der Waals surface area contributed by atoms with Gasteiger partial charge in [-0.1, -0.05) is 17.7 Å². The molecule has 2 aromatic carbocycles. The largest absolute Gasteiger partial charge is 0.414 e. The molecule has 0 saturated carbocycles. The maximum Gasteiger partial charge on any atom is 0.414 e. The number of alkyl halides is 3. The van der Waals surface area contributed by atoms with Crippen molar-refractivity contribution in [3.63, 3.8) is 0 Å². The molecule has 1 saturated heterocycles. The standard InChI is InChI=1S/C30H28ClF4N3O5/c31-22-9-6-17-11-24(30(33,34)35)43-15-18-14-38(25(39)13-21(18)26(17)27(22)32)23(12-20-3-1-2-10-42-20)29(41)37-19-7-4-16(5-8-19)28(36)40/h4-9,13-14,20,23-24H,1-3,10-12,15H2,(H2,36,40)(H,37,41)/t20-,23-,24-/m0/s1. The Bertz CT molecular complexity index is 1590. The predicted molar refractivity (Wildman–Crippen MR) is 150 cm³/mol. The summed E-state index contributed by atoms with van der Waals surface area (Å²) >= 11 is 6.00. The number of ether oxygens (including phenoxy) is 2. The highest BCUT2D eigenvalue weighted by Gasteiger charge is 2.42. The maximum atomic E-state index is 15.4. The first-order chi connectivity index (χ1) is 20.4. The van der Waals surface area contributed by atoms with Crippen LogP contribution < -0.4 is 16.6 Å². The highest BCUT2D eigenvalue weighted by molar-refractivity contribution is 6.31. The summed E-state index contributed by atoms with van der Waals surface area (Å²) in [5, 5.41) is 2.41. The van der Waals surface area contributed by atoms with Crippen molar-refractivity contribution >= 4 is 29.1 Å². The van der Waals surface area contributed by atoms with E-state index in [1.54, 1.807) is 0 Å². The van der Waals surface area contributed by atoms with Gasteiger partial charge < -0.3 is 25.1 Å². The fourth-order valence-corrected chi connectivity index (χ4v) is 5.58. The number of primary amides is 1. The number of aromatic nitrogens is 1. The van der Waals surface area contributed by atoms with E-state index in [-0.39, 0.29) is 45.4 Å². The van der Waals surface area contributed by atoms with E-state index in [1.807, 2.05) is 0 Å². The van der Waals surface area contributed by atoms with E-state index in [9.17, 15) is 27.6 Å². The Hall–Kier alpha value is -3.74. The quantitative estimate of drug-likeness (QED) is 0.351. The summed E-state index contributed by atoms with van der Waals surface area (Å²) in [6.07, 6.45) is -4.34. The van der Waals surface area contributed by atoms with E-state index in [0.717, 1.165) is 29.5 Å². The summed E-state index contributed by atoms with van der Waals surface area (Å²) in [6.45, 7) is -0.121. The minimum Gasteiger partial charge on any atom is -0.378 e. The Labute approximate surface area is 248 Å². The van der Waals surface area contributed by atoms with E-state index < -0.39 is 54.5 Å². The molecule has 0 bridgehead atoms. The topological polar surface area (TPSA) is 113 Å². The molecule has 5 rings (SSSR count). The SMILES string of the molecule is NC(=O)c1ccc(NC(=O)[C@H](C[C@@H]2CCCCO2)n2cc3c(cc2=O)-c2c(ccc(Cl)c2F)C[C@@H](C(F)(F)F)OC3)cc1. The molecule has 0 spiro atoms. The van der Waals surface area contributed by atoms with Gasteiger partial charge in [-0.2, -0.15) is 13.2 Å². The van der Waals surface area contributed by atoms with E-state index >= 15 is 4.39 Å². The van der Waals surface area contributed by atoms with Crippen LogP contribution in [-0.2, 0) is 27.3 Å². The van der Waals surface area contributed by atoms with Gasteiger partial charge in [0.2, 0.25) is 11.8 Å². The Morgan fingerprint density at radius 1 is 1.09 bits per heavy atom. The minimum absolute atomic E-state index is 0.0216. The van der Waals surface area contributed by atoms with Crippen molar-refractivity contribution in [1.82, 2.24) is 4.57 Å². The molecule has 43 heavy (non-hydrogen) atoms. The number of nitrogens with zero attached hydrogens (tertiary/aromatic N) is 1. The van der Waals surface area contributed by atoms with Crippen molar-refractivity contribution in [2.75, 3.05) is 11.9 Å². The average Bonchev–Trinajstić information content (AvgIpc) is 2.95. The van der Waals surface area contributed by atoms with Crippen LogP contribution in [0.15, 0.2) is 53.5 Å². The first-order valence-electron chi connectivity index (χ1n) is 13.7. The van der Waals surface area contributed by atoms with E-state index in [0.29, 0.717) is 18.7 Å². The summed E-state index contributed by atoms with van der Waals surface area (Å²) in [6, 6.07) is 8.20. The first kappa shape index (κ1) is 30.7. The molecular weight excluding hydrogens is 594 g/mol. The van der Waals surface area contributed by atoms with Crippen molar-refractivity contribution in [2.45, 2.75) is 63.1 Å². The van der Waals surface area contributed by atoms with Gasteiger partial charge in [-0.25, -0.2) is 4.39 Å². The second-order valence-corrected chi connectivity index (χ2v) is 11.0. The van der Waals surface area contributed by atoms with Gasteiger partial charge in [0.25, 0.3) is 5.56 Å². The lowest BCUT2D eigenvalue weighted by Gasteiger charge is -2.29. The van der Waals surface area contributed by atoms with Crippen LogP contribution in [-0.4, -0.2) is 41.4 Å². The Kier molecular flexibility index (Phi) is 8.91. The van der Waals surface area contributed by atoms with Crippen molar-refractivity contribution < 1.29 is 36.6 Å². The number of nitrogens with one attached hydrogen (secondary N) is 1. The average molecular weight is 622 g/mol. The van der Waals surface area contributed by atoms with Gasteiger partial charge in [0.15, 0.2) is 6.10 Å². The molecule has 2 aliphatic heterocycles. The van der Waals surface area contributed by atoms with Gasteiger partial charge >= 0.3 is 6.18 Å². The fraction of sp³-hybridized carbons (Fsp3) is 0.367. The molecule has 1 aromatic heterocycles. The molecule has 3 heterocycles. The zero-order chi connectivity index (χ0) is 30.9. The van der Waals surface area contributed by atoms with Gasteiger partial charge in [-0.15, -0.1) is 0 Å². The van der Waals surface area contributed by atoms with Gasteiger partial charge in [-0.3, -0.25) is 14.4 Å². The number of hydrogen-bond acceptors (Lipinski definition) is 5. The Balaban J connectivity index is 1.58. The molecular formula is C30H28ClF4N3O5. The Morgan fingerprint density at radius 3 is 2.49 bits per heavy atom. The van der Waals surface area contributed by atoms with Crippen LogP contribution in [0.1, 0.15) is 53.2 Å². The molecule has 3 atom stereocenters. The molecule has 3 aromatic rings. The molecule has 2 amide bonds. The molecule has 228 valence electrons. The lowest BCUT2D eigenvalue weighted by Crippen LogP contribution is -2.38. The van der Waals surface area contributed by atoms with Crippen LogP contribution in [0, 0.1) is 5.82 Å². The number of amides is 2. The van der Waals surface area contributed by atoms with Gasteiger partial charge in [0.1, 0.15) is 11.9 Å².